The minimum atomic E-state index is -0.482. The monoisotopic (exact) mass is 243 g/mol. The number of hydrazone groups is 1. The average molecular weight is 243 g/mol. The van der Waals surface area contributed by atoms with Crippen molar-refractivity contribution in [3.63, 3.8) is 0 Å². The van der Waals surface area contributed by atoms with Crippen molar-refractivity contribution in [2.75, 3.05) is 0 Å². The molecule has 1 aromatic rings. The topological polar surface area (TPSA) is 82.3 Å². The zero-order valence-corrected chi connectivity index (χ0v) is 10.0. The van der Waals surface area contributed by atoms with Crippen LogP contribution in [-0.2, 0) is 4.79 Å². The minimum Gasteiger partial charge on any atom is -0.294 e. The van der Waals surface area contributed by atoms with E-state index in [1.807, 2.05) is 6.07 Å². The second-order valence-electron chi connectivity index (χ2n) is 3.68. The fraction of sp³-hybridized carbons (Fsp3) is 0.231. The van der Waals surface area contributed by atoms with Crippen molar-refractivity contribution in [1.82, 2.24) is 5.43 Å². The van der Waals surface area contributed by atoms with Gasteiger partial charge in [-0.3, -0.25) is 9.59 Å². The van der Waals surface area contributed by atoms with Crippen LogP contribution in [0, 0.1) is 11.3 Å². The summed E-state index contributed by atoms with van der Waals surface area (Å²) in [5.74, 6) is -0.546. The van der Waals surface area contributed by atoms with Crippen molar-refractivity contribution in [1.29, 1.82) is 5.26 Å². The van der Waals surface area contributed by atoms with E-state index in [-0.39, 0.29) is 18.6 Å². The van der Waals surface area contributed by atoms with Crippen molar-refractivity contribution >= 4 is 17.4 Å². The molecule has 5 nitrogen and oxygen atoms in total. The summed E-state index contributed by atoms with van der Waals surface area (Å²) >= 11 is 0. The zero-order valence-electron chi connectivity index (χ0n) is 10.0. The molecule has 0 aromatic heterocycles. The minimum absolute atomic E-state index is 0.0635. The highest BCUT2D eigenvalue weighted by Gasteiger charge is 2.07. The molecule has 0 heterocycles. The van der Waals surface area contributed by atoms with E-state index >= 15 is 0 Å². The average Bonchev–Trinajstić information content (AvgIpc) is 2.38. The summed E-state index contributed by atoms with van der Waals surface area (Å²) in [5.41, 5.74) is 3.32. The normalized spacial score (nSPS) is 10.6. The molecule has 0 bridgehead atoms. The molecule has 18 heavy (non-hydrogen) atoms. The summed E-state index contributed by atoms with van der Waals surface area (Å²) in [6, 6.07) is 10.6. The number of ketones is 1. The van der Waals surface area contributed by atoms with Gasteiger partial charge in [-0.15, -0.1) is 0 Å². The number of nitrogens with one attached hydrogen (secondary N) is 1. The van der Waals surface area contributed by atoms with Crippen molar-refractivity contribution in [3.8, 4) is 6.07 Å². The fourth-order valence-electron chi connectivity index (χ4n) is 1.27. The van der Waals surface area contributed by atoms with Gasteiger partial charge in [0.15, 0.2) is 5.78 Å². The Labute approximate surface area is 105 Å². The molecule has 0 saturated heterocycles. The van der Waals surface area contributed by atoms with Gasteiger partial charge in [-0.2, -0.15) is 10.4 Å². The van der Waals surface area contributed by atoms with Crippen LogP contribution in [0.2, 0.25) is 0 Å². The van der Waals surface area contributed by atoms with Gasteiger partial charge in [0, 0.05) is 11.3 Å². The van der Waals surface area contributed by atoms with Crippen LogP contribution in [0.5, 0.6) is 0 Å². The third kappa shape index (κ3) is 4.58. The number of amides is 1. The van der Waals surface area contributed by atoms with Crippen molar-refractivity contribution in [2.24, 2.45) is 5.10 Å². The van der Waals surface area contributed by atoms with E-state index < -0.39 is 5.91 Å². The Balaban J connectivity index is 2.52. The lowest BCUT2D eigenvalue weighted by Gasteiger charge is -2.01. The molecular weight excluding hydrogens is 230 g/mol. The summed E-state index contributed by atoms with van der Waals surface area (Å²) < 4.78 is 0. The number of benzene rings is 1. The van der Waals surface area contributed by atoms with E-state index in [0.29, 0.717) is 11.3 Å². The number of nitriles is 1. The Hall–Kier alpha value is -2.48. The largest absolute Gasteiger partial charge is 0.294 e. The van der Waals surface area contributed by atoms with Crippen LogP contribution < -0.4 is 5.43 Å². The van der Waals surface area contributed by atoms with Gasteiger partial charge < -0.3 is 0 Å². The summed E-state index contributed by atoms with van der Waals surface area (Å²) in [5, 5.41) is 12.0. The molecule has 1 amide bonds. The SMILES string of the molecule is CC(CC(=O)c1ccccc1)=NNC(=O)CC#N. The number of Topliss-reactive ketones (excluding diaryl/α,β-unsaturated/α-hetero) is 1. The molecule has 0 saturated carbocycles. The summed E-state index contributed by atoms with van der Waals surface area (Å²) in [4.78, 5) is 22.8. The molecule has 0 fully saturated rings. The van der Waals surface area contributed by atoms with Gasteiger partial charge in [-0.1, -0.05) is 30.3 Å². The Kier molecular flexibility index (Phi) is 5.26. The number of carbonyl (C=O) groups is 2. The predicted octanol–water partition coefficient (Wildman–Crippen LogP) is 1.67. The molecule has 0 aliphatic carbocycles. The molecule has 5 heteroatoms. The second-order valence-corrected chi connectivity index (χ2v) is 3.68. The fourth-order valence-corrected chi connectivity index (χ4v) is 1.27. The Morgan fingerprint density at radius 2 is 2.00 bits per heavy atom. The van der Waals surface area contributed by atoms with E-state index in [9.17, 15) is 9.59 Å². The van der Waals surface area contributed by atoms with E-state index in [1.54, 1.807) is 37.3 Å². The van der Waals surface area contributed by atoms with Gasteiger partial charge in [0.25, 0.3) is 5.91 Å². The van der Waals surface area contributed by atoms with Crippen molar-refractivity contribution in [3.05, 3.63) is 35.9 Å². The first-order chi connectivity index (χ1) is 8.63. The van der Waals surface area contributed by atoms with Gasteiger partial charge in [0.05, 0.1) is 12.5 Å². The lowest BCUT2D eigenvalue weighted by Crippen LogP contribution is -2.18. The number of hydrogen-bond donors (Lipinski definition) is 1. The molecule has 0 aliphatic rings. The van der Waals surface area contributed by atoms with Crippen LogP contribution in [-0.4, -0.2) is 17.4 Å². The lowest BCUT2D eigenvalue weighted by atomic mass is 10.1. The standard InChI is InChI=1S/C13H13N3O2/c1-10(15-16-13(18)7-8-14)9-12(17)11-5-3-2-4-6-11/h2-6H,7,9H2,1H3,(H,16,18). The van der Waals surface area contributed by atoms with Crippen LogP contribution in [0.15, 0.2) is 35.4 Å². The van der Waals surface area contributed by atoms with Crippen molar-refractivity contribution < 1.29 is 9.59 Å². The third-order valence-electron chi connectivity index (χ3n) is 2.12. The van der Waals surface area contributed by atoms with E-state index in [1.165, 1.54) is 0 Å². The van der Waals surface area contributed by atoms with E-state index in [2.05, 4.69) is 10.5 Å². The summed E-state index contributed by atoms with van der Waals surface area (Å²) in [7, 11) is 0. The lowest BCUT2D eigenvalue weighted by molar-refractivity contribution is -0.120. The van der Waals surface area contributed by atoms with Crippen LogP contribution in [0.1, 0.15) is 30.1 Å². The highest BCUT2D eigenvalue weighted by Crippen LogP contribution is 2.03. The van der Waals surface area contributed by atoms with Gasteiger partial charge in [0.2, 0.25) is 0 Å². The van der Waals surface area contributed by atoms with Gasteiger partial charge in [-0.05, 0) is 6.92 Å². The number of rotatable bonds is 5. The number of carbonyl (C=O) groups excluding carboxylic acids is 2. The van der Waals surface area contributed by atoms with Crippen LogP contribution in [0.3, 0.4) is 0 Å². The van der Waals surface area contributed by atoms with E-state index in [4.69, 9.17) is 5.26 Å². The Bertz CT molecular complexity index is 501. The smallest absolute Gasteiger partial charge is 0.254 e. The first kappa shape index (κ1) is 13.6. The maximum Gasteiger partial charge on any atom is 0.254 e. The van der Waals surface area contributed by atoms with Crippen LogP contribution in [0.25, 0.3) is 0 Å². The first-order valence-corrected chi connectivity index (χ1v) is 5.40. The van der Waals surface area contributed by atoms with Crippen molar-refractivity contribution in [2.45, 2.75) is 19.8 Å². The molecule has 0 unspecified atom stereocenters. The summed E-state index contributed by atoms with van der Waals surface area (Å²) in [6.45, 7) is 1.65. The molecule has 1 rings (SSSR count). The quantitative estimate of drug-likeness (QED) is 0.485. The maximum absolute atomic E-state index is 11.8. The first-order valence-electron chi connectivity index (χ1n) is 5.40. The van der Waals surface area contributed by atoms with Gasteiger partial charge >= 0.3 is 0 Å². The van der Waals surface area contributed by atoms with Gasteiger partial charge in [-0.25, -0.2) is 5.43 Å². The summed E-state index contributed by atoms with van der Waals surface area (Å²) in [6.07, 6.45) is -0.111. The molecule has 0 atom stereocenters. The third-order valence-corrected chi connectivity index (χ3v) is 2.12. The van der Waals surface area contributed by atoms with Gasteiger partial charge in [0.1, 0.15) is 6.42 Å². The molecule has 0 spiro atoms. The molecule has 1 N–H and O–H groups in total. The van der Waals surface area contributed by atoms with Crippen LogP contribution >= 0.6 is 0 Å². The maximum atomic E-state index is 11.8. The predicted molar refractivity (Wildman–Crippen MR) is 66.9 cm³/mol. The number of nitrogens with zero attached hydrogens (tertiary/aromatic N) is 2. The zero-order chi connectivity index (χ0) is 13.4. The molecule has 0 radical (unpaired) electrons. The molecule has 92 valence electrons. The Morgan fingerprint density at radius 3 is 2.61 bits per heavy atom. The molecule has 0 aliphatic heterocycles. The molecule has 1 aromatic carbocycles. The highest BCUT2D eigenvalue weighted by molar-refractivity contribution is 6.09. The second kappa shape index (κ2) is 6.97. The molecular formula is C13H13N3O2. The Morgan fingerprint density at radius 1 is 1.33 bits per heavy atom. The number of hydrogen-bond acceptors (Lipinski definition) is 4. The van der Waals surface area contributed by atoms with E-state index in [0.717, 1.165) is 0 Å². The van der Waals surface area contributed by atoms with Crippen LogP contribution in [0.4, 0.5) is 0 Å². The highest BCUT2D eigenvalue weighted by atomic mass is 16.2.